The number of carbonyl (C=O) groups is 2. The fraction of sp³-hybridized carbons (Fsp3) is 0.214. The van der Waals surface area contributed by atoms with E-state index >= 15 is 0 Å². The topological polar surface area (TPSA) is 111 Å². The molecule has 0 unspecified atom stereocenters. The number of rotatable bonds is 6. The summed E-state index contributed by atoms with van der Waals surface area (Å²) in [6.45, 7) is 5.42. The predicted octanol–water partition coefficient (Wildman–Crippen LogP) is 0.896. The number of nitrogens with zero attached hydrogens (tertiary/aromatic N) is 1. The molecule has 21 heavy (non-hydrogen) atoms. The summed E-state index contributed by atoms with van der Waals surface area (Å²) in [5, 5.41) is 25.0. The number of hydrogen-bond donors (Lipinski definition) is 4. The van der Waals surface area contributed by atoms with Crippen LogP contribution < -0.4 is 10.7 Å². The number of benzene rings is 1. The third kappa shape index (κ3) is 5.35. The van der Waals surface area contributed by atoms with Gasteiger partial charge in [-0.2, -0.15) is 5.10 Å². The van der Waals surface area contributed by atoms with E-state index in [4.69, 9.17) is 5.11 Å². The van der Waals surface area contributed by atoms with Gasteiger partial charge in [-0.25, -0.2) is 5.43 Å². The van der Waals surface area contributed by atoms with Crippen LogP contribution in [0.15, 0.2) is 36.0 Å². The molecule has 112 valence electrons. The van der Waals surface area contributed by atoms with Gasteiger partial charge in [0.1, 0.15) is 11.5 Å². The molecule has 2 amide bonds. The highest BCUT2D eigenvalue weighted by Gasteiger charge is 2.11. The van der Waals surface area contributed by atoms with Gasteiger partial charge in [-0.15, -0.1) is 6.58 Å². The van der Waals surface area contributed by atoms with Gasteiger partial charge in [0.15, 0.2) is 0 Å². The number of amides is 2. The van der Waals surface area contributed by atoms with Crippen LogP contribution in [0.2, 0.25) is 0 Å². The van der Waals surface area contributed by atoms with E-state index < -0.39 is 5.91 Å². The summed E-state index contributed by atoms with van der Waals surface area (Å²) >= 11 is 0. The third-order valence-corrected chi connectivity index (χ3v) is 2.43. The molecule has 0 saturated heterocycles. The molecule has 0 atom stereocenters. The van der Waals surface area contributed by atoms with E-state index in [1.807, 2.05) is 0 Å². The number of phenols is 2. The summed E-state index contributed by atoms with van der Waals surface area (Å²) in [5.41, 5.74) is 2.61. The number of hydrazone groups is 1. The molecule has 0 aliphatic rings. The van der Waals surface area contributed by atoms with Crippen LogP contribution >= 0.6 is 0 Å². The quantitative estimate of drug-likeness (QED) is 0.354. The van der Waals surface area contributed by atoms with Gasteiger partial charge >= 0.3 is 0 Å². The Hall–Kier alpha value is -2.83. The molecule has 1 aromatic carbocycles. The average Bonchev–Trinajstić information content (AvgIpc) is 2.42. The smallest absolute Gasteiger partial charge is 0.275 e. The molecule has 0 heterocycles. The van der Waals surface area contributed by atoms with Crippen molar-refractivity contribution < 1.29 is 19.8 Å². The van der Waals surface area contributed by atoms with Gasteiger partial charge in [0.2, 0.25) is 5.91 Å². The third-order valence-electron chi connectivity index (χ3n) is 2.43. The molecular weight excluding hydrogens is 274 g/mol. The number of carbonyl (C=O) groups excluding carboxylic acids is 2. The lowest BCUT2D eigenvalue weighted by Crippen LogP contribution is -2.26. The van der Waals surface area contributed by atoms with Crippen LogP contribution in [0.1, 0.15) is 23.7 Å². The second-order valence-electron chi connectivity index (χ2n) is 4.26. The molecule has 0 saturated carbocycles. The first-order chi connectivity index (χ1) is 9.93. The fourth-order valence-electron chi connectivity index (χ4n) is 1.44. The maximum absolute atomic E-state index is 11.8. The van der Waals surface area contributed by atoms with E-state index in [-0.39, 0.29) is 29.4 Å². The van der Waals surface area contributed by atoms with Crippen molar-refractivity contribution in [2.45, 2.75) is 13.3 Å². The highest BCUT2D eigenvalue weighted by Crippen LogP contribution is 2.22. The summed E-state index contributed by atoms with van der Waals surface area (Å²) in [6.07, 6.45) is 1.59. The number of aromatic hydroxyl groups is 2. The molecule has 0 bridgehead atoms. The standard InChI is InChI=1S/C14H17N3O4/c1-3-6-15-13(20)7-9(2)16-17-14(21)11-5-4-10(18)8-12(11)19/h3-5,8,18-19H,1,6-7H2,2H3,(H,15,20)(H,17,21)/b16-9+. The van der Waals surface area contributed by atoms with Crippen molar-refractivity contribution in [1.82, 2.24) is 10.7 Å². The van der Waals surface area contributed by atoms with Gasteiger partial charge in [-0.3, -0.25) is 9.59 Å². The zero-order valence-corrected chi connectivity index (χ0v) is 11.6. The maximum atomic E-state index is 11.8. The summed E-state index contributed by atoms with van der Waals surface area (Å²) in [4.78, 5) is 23.2. The minimum absolute atomic E-state index is 0.0274. The molecule has 0 spiro atoms. The Morgan fingerprint density at radius 1 is 1.38 bits per heavy atom. The Balaban J connectivity index is 2.60. The molecule has 7 heteroatoms. The van der Waals surface area contributed by atoms with E-state index in [0.717, 1.165) is 6.07 Å². The monoisotopic (exact) mass is 291 g/mol. The maximum Gasteiger partial charge on any atom is 0.275 e. The van der Waals surface area contributed by atoms with Crippen LogP contribution in [-0.4, -0.2) is 34.3 Å². The first-order valence-electron chi connectivity index (χ1n) is 6.17. The largest absolute Gasteiger partial charge is 0.508 e. The lowest BCUT2D eigenvalue weighted by atomic mass is 10.2. The van der Waals surface area contributed by atoms with Crippen molar-refractivity contribution in [2.75, 3.05) is 6.54 Å². The van der Waals surface area contributed by atoms with Gasteiger partial charge in [0.25, 0.3) is 5.91 Å². The Kier molecular flexibility index (Phi) is 5.94. The molecule has 7 nitrogen and oxygen atoms in total. The van der Waals surface area contributed by atoms with Crippen LogP contribution in [0.4, 0.5) is 0 Å². The number of hydrogen-bond acceptors (Lipinski definition) is 5. The van der Waals surface area contributed by atoms with Crippen LogP contribution in [0, 0.1) is 0 Å². The van der Waals surface area contributed by atoms with Gasteiger partial charge < -0.3 is 15.5 Å². The highest BCUT2D eigenvalue weighted by atomic mass is 16.3. The molecule has 4 N–H and O–H groups in total. The van der Waals surface area contributed by atoms with Crippen LogP contribution in [-0.2, 0) is 4.79 Å². The minimum atomic E-state index is -0.640. The molecular formula is C14H17N3O4. The summed E-state index contributed by atoms with van der Waals surface area (Å²) in [7, 11) is 0. The Bertz CT molecular complexity index is 582. The lowest BCUT2D eigenvalue weighted by molar-refractivity contribution is -0.119. The zero-order chi connectivity index (χ0) is 15.8. The summed E-state index contributed by atoms with van der Waals surface area (Å²) in [6, 6.07) is 3.59. The van der Waals surface area contributed by atoms with Crippen molar-refractivity contribution >= 4 is 17.5 Å². The number of nitrogens with one attached hydrogen (secondary N) is 2. The Morgan fingerprint density at radius 2 is 2.10 bits per heavy atom. The second-order valence-corrected chi connectivity index (χ2v) is 4.26. The molecule has 0 aliphatic heterocycles. The average molecular weight is 291 g/mol. The fourth-order valence-corrected chi connectivity index (χ4v) is 1.44. The van der Waals surface area contributed by atoms with Gasteiger partial charge in [0, 0.05) is 18.3 Å². The van der Waals surface area contributed by atoms with E-state index in [1.165, 1.54) is 12.1 Å². The van der Waals surface area contributed by atoms with Crippen LogP contribution in [0.5, 0.6) is 11.5 Å². The van der Waals surface area contributed by atoms with E-state index in [2.05, 4.69) is 22.4 Å². The minimum Gasteiger partial charge on any atom is -0.508 e. The predicted molar refractivity (Wildman–Crippen MR) is 78.2 cm³/mol. The van der Waals surface area contributed by atoms with Gasteiger partial charge in [0.05, 0.1) is 12.0 Å². The van der Waals surface area contributed by atoms with Gasteiger partial charge in [-0.1, -0.05) is 6.08 Å². The highest BCUT2D eigenvalue weighted by molar-refractivity contribution is 6.01. The summed E-state index contributed by atoms with van der Waals surface area (Å²) < 4.78 is 0. The van der Waals surface area contributed by atoms with Crippen LogP contribution in [0.3, 0.4) is 0 Å². The molecule has 1 aromatic rings. The first-order valence-corrected chi connectivity index (χ1v) is 6.17. The second kappa shape index (κ2) is 7.68. The Morgan fingerprint density at radius 3 is 2.71 bits per heavy atom. The zero-order valence-electron chi connectivity index (χ0n) is 11.6. The number of phenolic OH excluding ortho intramolecular Hbond substituents is 2. The first kappa shape index (κ1) is 16.2. The van der Waals surface area contributed by atoms with Gasteiger partial charge in [-0.05, 0) is 19.1 Å². The Labute approximate surface area is 122 Å². The van der Waals surface area contributed by atoms with Crippen molar-refractivity contribution in [3.8, 4) is 11.5 Å². The van der Waals surface area contributed by atoms with E-state index in [0.29, 0.717) is 12.3 Å². The molecule has 0 aliphatic carbocycles. The molecule has 1 rings (SSSR count). The summed E-state index contributed by atoms with van der Waals surface area (Å²) in [5.74, 6) is -1.39. The SMILES string of the molecule is C=CCNC(=O)C/C(C)=N/NC(=O)c1ccc(O)cc1O. The van der Waals surface area contributed by atoms with Crippen molar-refractivity contribution in [2.24, 2.45) is 5.10 Å². The molecule has 0 aromatic heterocycles. The molecule has 0 fully saturated rings. The molecule has 0 radical (unpaired) electrons. The normalized spacial score (nSPS) is 10.8. The van der Waals surface area contributed by atoms with Crippen molar-refractivity contribution in [3.63, 3.8) is 0 Å². The van der Waals surface area contributed by atoms with E-state index in [1.54, 1.807) is 13.0 Å². The van der Waals surface area contributed by atoms with Crippen molar-refractivity contribution in [3.05, 3.63) is 36.4 Å². The van der Waals surface area contributed by atoms with Crippen LogP contribution in [0.25, 0.3) is 0 Å². The van der Waals surface area contributed by atoms with Crippen molar-refractivity contribution in [1.29, 1.82) is 0 Å². The lowest BCUT2D eigenvalue weighted by Gasteiger charge is -2.05. The van der Waals surface area contributed by atoms with E-state index in [9.17, 15) is 14.7 Å².